The van der Waals surface area contributed by atoms with Crippen LogP contribution in [-0.4, -0.2) is 13.0 Å². The lowest BCUT2D eigenvalue weighted by Gasteiger charge is -2.10. The first-order valence-corrected chi connectivity index (χ1v) is 7.09. The zero-order valence-electron chi connectivity index (χ0n) is 11.2. The summed E-state index contributed by atoms with van der Waals surface area (Å²) in [5.74, 6) is -0.0316. The molecule has 3 nitrogen and oxygen atoms in total. The molecule has 0 radical (unpaired) electrons. The number of carbonyl (C=O) groups is 1. The Bertz CT molecular complexity index is 581. The van der Waals surface area contributed by atoms with Crippen LogP contribution in [0.25, 0.3) is 0 Å². The Hall–Kier alpha value is -1.65. The van der Waals surface area contributed by atoms with Crippen LogP contribution in [0, 0.1) is 0 Å². The van der Waals surface area contributed by atoms with Crippen molar-refractivity contribution in [3.8, 4) is 0 Å². The normalized spacial score (nSPS) is 10.3. The van der Waals surface area contributed by atoms with Gasteiger partial charge in [0.25, 0.3) is 0 Å². The van der Waals surface area contributed by atoms with Crippen LogP contribution in [0.4, 0.5) is 5.69 Å². The fraction of sp³-hybridized carbons (Fsp3) is 0.188. The van der Waals surface area contributed by atoms with Gasteiger partial charge in [0, 0.05) is 22.8 Å². The Morgan fingerprint density at radius 1 is 1.15 bits per heavy atom. The number of ether oxygens (including phenoxy) is 1. The van der Waals surface area contributed by atoms with E-state index in [-0.39, 0.29) is 5.91 Å². The Morgan fingerprint density at radius 3 is 2.55 bits per heavy atom. The van der Waals surface area contributed by atoms with Crippen molar-refractivity contribution in [1.82, 2.24) is 0 Å². The third kappa shape index (κ3) is 4.18. The van der Waals surface area contributed by atoms with Gasteiger partial charge in [-0.05, 0) is 23.8 Å². The average Bonchev–Trinajstić information content (AvgIpc) is 2.44. The molecule has 2 aromatic rings. The van der Waals surface area contributed by atoms with E-state index in [4.69, 9.17) is 4.74 Å². The molecule has 0 unspecified atom stereocenters. The van der Waals surface area contributed by atoms with Gasteiger partial charge in [-0.2, -0.15) is 0 Å². The zero-order chi connectivity index (χ0) is 14.4. The number of hydrogen-bond acceptors (Lipinski definition) is 2. The largest absolute Gasteiger partial charge is 0.380 e. The van der Waals surface area contributed by atoms with Crippen molar-refractivity contribution >= 4 is 27.5 Å². The minimum absolute atomic E-state index is 0.0316. The summed E-state index contributed by atoms with van der Waals surface area (Å²) >= 11 is 3.38. The summed E-state index contributed by atoms with van der Waals surface area (Å²) in [6.45, 7) is 0.481. The Morgan fingerprint density at radius 2 is 1.85 bits per heavy atom. The number of carbonyl (C=O) groups excluding carboxylic acids is 1. The summed E-state index contributed by atoms with van der Waals surface area (Å²) in [7, 11) is 1.64. The first-order chi connectivity index (χ1) is 9.69. The van der Waals surface area contributed by atoms with E-state index in [1.165, 1.54) is 0 Å². The quantitative estimate of drug-likeness (QED) is 0.904. The molecule has 0 heterocycles. The predicted molar refractivity (Wildman–Crippen MR) is 83.6 cm³/mol. The highest BCUT2D eigenvalue weighted by Crippen LogP contribution is 2.17. The fourth-order valence-electron chi connectivity index (χ4n) is 1.91. The van der Waals surface area contributed by atoms with Crippen LogP contribution >= 0.6 is 15.9 Å². The van der Waals surface area contributed by atoms with Gasteiger partial charge in [0.05, 0.1) is 13.0 Å². The van der Waals surface area contributed by atoms with Gasteiger partial charge in [0.1, 0.15) is 0 Å². The number of hydrogen-bond donors (Lipinski definition) is 1. The van der Waals surface area contributed by atoms with Gasteiger partial charge in [-0.15, -0.1) is 0 Å². The van der Waals surface area contributed by atoms with Gasteiger partial charge in [-0.1, -0.05) is 46.3 Å². The summed E-state index contributed by atoms with van der Waals surface area (Å²) in [4.78, 5) is 12.1. The van der Waals surface area contributed by atoms with Crippen molar-refractivity contribution in [1.29, 1.82) is 0 Å². The van der Waals surface area contributed by atoms with Crippen LogP contribution in [0.2, 0.25) is 0 Å². The Labute approximate surface area is 127 Å². The molecule has 0 aliphatic rings. The maximum absolute atomic E-state index is 12.1. The molecule has 2 aromatic carbocycles. The van der Waals surface area contributed by atoms with Crippen LogP contribution in [-0.2, 0) is 22.6 Å². The van der Waals surface area contributed by atoms with E-state index >= 15 is 0 Å². The molecule has 104 valence electrons. The molecule has 0 bridgehead atoms. The number of amides is 1. The summed E-state index contributed by atoms with van der Waals surface area (Å²) < 4.78 is 6.13. The number of para-hydroxylation sites is 1. The monoisotopic (exact) mass is 333 g/mol. The van der Waals surface area contributed by atoms with Crippen molar-refractivity contribution in [3.05, 3.63) is 64.1 Å². The van der Waals surface area contributed by atoms with Crippen LogP contribution in [0.1, 0.15) is 11.1 Å². The fourth-order valence-corrected chi connectivity index (χ4v) is 2.17. The van der Waals surface area contributed by atoms with Gasteiger partial charge in [0.15, 0.2) is 0 Å². The van der Waals surface area contributed by atoms with Crippen molar-refractivity contribution < 1.29 is 9.53 Å². The van der Waals surface area contributed by atoms with Gasteiger partial charge in [-0.25, -0.2) is 0 Å². The highest BCUT2D eigenvalue weighted by Gasteiger charge is 2.07. The first-order valence-electron chi connectivity index (χ1n) is 6.30. The van der Waals surface area contributed by atoms with E-state index < -0.39 is 0 Å². The molecule has 20 heavy (non-hydrogen) atoms. The molecule has 0 aromatic heterocycles. The average molecular weight is 334 g/mol. The van der Waals surface area contributed by atoms with E-state index in [1.54, 1.807) is 7.11 Å². The second-order valence-corrected chi connectivity index (χ2v) is 5.36. The lowest BCUT2D eigenvalue weighted by Crippen LogP contribution is -2.15. The number of benzene rings is 2. The van der Waals surface area contributed by atoms with Crippen molar-refractivity contribution in [2.75, 3.05) is 12.4 Å². The SMILES string of the molecule is COCc1ccccc1NC(=O)Cc1ccc(Br)cc1. The predicted octanol–water partition coefficient (Wildman–Crippen LogP) is 3.78. The van der Waals surface area contributed by atoms with E-state index in [9.17, 15) is 4.79 Å². The van der Waals surface area contributed by atoms with Crippen molar-refractivity contribution in [3.63, 3.8) is 0 Å². The molecule has 0 fully saturated rings. The van der Waals surface area contributed by atoms with Gasteiger partial charge in [-0.3, -0.25) is 4.79 Å². The minimum atomic E-state index is -0.0316. The highest BCUT2D eigenvalue weighted by molar-refractivity contribution is 9.10. The summed E-state index contributed by atoms with van der Waals surface area (Å²) in [6, 6.07) is 15.4. The Balaban J connectivity index is 2.02. The van der Waals surface area contributed by atoms with Crippen LogP contribution in [0.5, 0.6) is 0 Å². The molecule has 0 saturated carbocycles. The van der Waals surface area contributed by atoms with Crippen molar-refractivity contribution in [2.45, 2.75) is 13.0 Å². The maximum Gasteiger partial charge on any atom is 0.228 e. The van der Waals surface area contributed by atoms with E-state index in [0.29, 0.717) is 13.0 Å². The molecular formula is C16H16BrNO2. The van der Waals surface area contributed by atoms with Crippen molar-refractivity contribution in [2.24, 2.45) is 0 Å². The summed E-state index contributed by atoms with van der Waals surface area (Å²) in [6.07, 6.45) is 0.356. The Kier molecular flexibility index (Phi) is 5.32. The standard InChI is InChI=1S/C16H16BrNO2/c1-20-11-13-4-2-3-5-15(13)18-16(19)10-12-6-8-14(17)9-7-12/h2-9H,10-11H2,1H3,(H,18,19). The minimum Gasteiger partial charge on any atom is -0.380 e. The lowest BCUT2D eigenvalue weighted by atomic mass is 10.1. The number of rotatable bonds is 5. The molecule has 0 aliphatic heterocycles. The molecule has 1 amide bonds. The smallest absolute Gasteiger partial charge is 0.228 e. The first kappa shape index (κ1) is 14.8. The van der Waals surface area contributed by atoms with Crippen LogP contribution in [0.15, 0.2) is 53.0 Å². The lowest BCUT2D eigenvalue weighted by molar-refractivity contribution is -0.115. The molecule has 0 aliphatic carbocycles. The van der Waals surface area contributed by atoms with Gasteiger partial charge in [0.2, 0.25) is 5.91 Å². The van der Waals surface area contributed by atoms with Gasteiger partial charge >= 0.3 is 0 Å². The third-order valence-electron chi connectivity index (χ3n) is 2.87. The summed E-state index contributed by atoms with van der Waals surface area (Å²) in [5.41, 5.74) is 2.76. The molecule has 4 heteroatoms. The second-order valence-electron chi connectivity index (χ2n) is 4.44. The molecule has 0 spiro atoms. The van der Waals surface area contributed by atoms with Gasteiger partial charge < -0.3 is 10.1 Å². The van der Waals surface area contributed by atoms with E-state index in [2.05, 4.69) is 21.2 Å². The maximum atomic E-state index is 12.1. The number of nitrogens with one attached hydrogen (secondary N) is 1. The number of halogens is 1. The molecule has 1 N–H and O–H groups in total. The zero-order valence-corrected chi connectivity index (χ0v) is 12.8. The third-order valence-corrected chi connectivity index (χ3v) is 3.40. The van der Waals surface area contributed by atoms with E-state index in [0.717, 1.165) is 21.3 Å². The molecule has 2 rings (SSSR count). The molecular weight excluding hydrogens is 318 g/mol. The second kappa shape index (κ2) is 7.22. The van der Waals surface area contributed by atoms with E-state index in [1.807, 2.05) is 48.5 Å². The number of methoxy groups -OCH3 is 1. The number of anilines is 1. The molecule has 0 saturated heterocycles. The molecule has 0 atom stereocenters. The van der Waals surface area contributed by atoms with Crippen LogP contribution in [0.3, 0.4) is 0 Å². The summed E-state index contributed by atoms with van der Waals surface area (Å²) in [5, 5.41) is 2.93. The topological polar surface area (TPSA) is 38.3 Å². The van der Waals surface area contributed by atoms with Crippen LogP contribution < -0.4 is 5.32 Å². The highest BCUT2D eigenvalue weighted by atomic mass is 79.9.